The van der Waals surface area contributed by atoms with Crippen LogP contribution in [-0.4, -0.2) is 24.5 Å². The van der Waals surface area contributed by atoms with Crippen molar-refractivity contribution in [3.05, 3.63) is 94.3 Å². The molecule has 5 rings (SSSR count). The topological polar surface area (TPSA) is 51.4 Å². The molecular weight excluding hydrogens is 366 g/mol. The second-order valence-corrected chi connectivity index (χ2v) is 7.85. The van der Waals surface area contributed by atoms with Gasteiger partial charge in [0.25, 0.3) is 0 Å². The molecule has 140 valence electrons. The van der Waals surface area contributed by atoms with E-state index < -0.39 is 0 Å². The van der Waals surface area contributed by atoms with E-state index in [4.69, 9.17) is 12.2 Å². The van der Waals surface area contributed by atoms with E-state index in [1.165, 1.54) is 16.7 Å². The lowest BCUT2D eigenvalue weighted by Gasteiger charge is -2.05. The van der Waals surface area contributed by atoms with Crippen molar-refractivity contribution in [1.82, 2.24) is 24.5 Å². The fourth-order valence-corrected chi connectivity index (χ4v) is 4.04. The van der Waals surface area contributed by atoms with E-state index in [1.807, 2.05) is 39.8 Å². The molecule has 0 radical (unpaired) electrons. The summed E-state index contributed by atoms with van der Waals surface area (Å²) >= 11 is 5.52. The summed E-state index contributed by atoms with van der Waals surface area (Å²) < 4.78 is 4.58. The third kappa shape index (κ3) is 3.20. The summed E-state index contributed by atoms with van der Waals surface area (Å²) in [6, 6.07) is 19.1. The molecule has 0 aliphatic heterocycles. The van der Waals surface area contributed by atoms with Gasteiger partial charge in [0.05, 0.1) is 18.4 Å². The van der Waals surface area contributed by atoms with E-state index in [1.54, 1.807) is 0 Å². The number of aryl methyl sites for hydroxylation is 1. The molecule has 1 aliphatic rings. The number of benzene rings is 2. The van der Waals surface area contributed by atoms with Crippen molar-refractivity contribution in [2.45, 2.75) is 31.7 Å². The maximum absolute atomic E-state index is 5.52. The van der Waals surface area contributed by atoms with Gasteiger partial charge in [-0.1, -0.05) is 60.2 Å². The Morgan fingerprint density at radius 2 is 1.86 bits per heavy atom. The first kappa shape index (κ1) is 17.1. The van der Waals surface area contributed by atoms with E-state index in [0.29, 0.717) is 16.6 Å². The maximum Gasteiger partial charge on any atom is 0.199 e. The largest absolute Gasteiger partial charge is 0.269 e. The van der Waals surface area contributed by atoms with Crippen LogP contribution in [0.25, 0.3) is 5.69 Å². The highest BCUT2D eigenvalue weighted by atomic mass is 32.1. The van der Waals surface area contributed by atoms with Gasteiger partial charge in [0.1, 0.15) is 5.82 Å². The molecule has 1 fully saturated rings. The zero-order chi connectivity index (χ0) is 19.1. The van der Waals surface area contributed by atoms with E-state index in [9.17, 15) is 0 Å². The third-order valence-electron chi connectivity index (χ3n) is 5.39. The number of aromatic amines is 1. The first-order chi connectivity index (χ1) is 13.7. The van der Waals surface area contributed by atoms with Crippen LogP contribution in [0.4, 0.5) is 0 Å². The molecule has 5 nitrogen and oxygen atoms in total. The molecular formula is C22H21N5S. The minimum atomic E-state index is 0.383. The Hall–Kier alpha value is -2.99. The van der Waals surface area contributed by atoms with Crippen molar-refractivity contribution in [1.29, 1.82) is 0 Å². The molecule has 1 N–H and O–H groups in total. The molecule has 0 spiro atoms. The fraction of sp³-hybridized carbons (Fsp3) is 0.227. The Morgan fingerprint density at radius 3 is 2.64 bits per heavy atom. The molecule has 28 heavy (non-hydrogen) atoms. The molecule has 1 aliphatic carbocycles. The lowest BCUT2D eigenvalue weighted by atomic mass is 10.1. The molecule has 0 amide bonds. The summed E-state index contributed by atoms with van der Waals surface area (Å²) in [6.07, 6.45) is 4.99. The lowest BCUT2D eigenvalue weighted by molar-refractivity contribution is 0.686. The first-order valence-electron chi connectivity index (χ1n) is 9.49. The second-order valence-electron chi connectivity index (χ2n) is 7.46. The molecule has 2 heterocycles. The van der Waals surface area contributed by atoms with Crippen LogP contribution in [0, 0.1) is 11.7 Å². The molecule has 1 saturated carbocycles. The van der Waals surface area contributed by atoms with Crippen molar-refractivity contribution < 1.29 is 0 Å². The third-order valence-corrected chi connectivity index (χ3v) is 5.66. The zero-order valence-electron chi connectivity index (χ0n) is 15.6. The van der Waals surface area contributed by atoms with Crippen LogP contribution in [0.15, 0.2) is 67.0 Å². The molecule has 0 bridgehead atoms. The number of rotatable bonds is 5. The van der Waals surface area contributed by atoms with Gasteiger partial charge in [0, 0.05) is 12.1 Å². The Bertz CT molecular complexity index is 1150. The highest BCUT2D eigenvalue weighted by molar-refractivity contribution is 7.71. The Kier molecular flexibility index (Phi) is 4.20. The Balaban J connectivity index is 1.41. The SMILES string of the molecule is Cc1ccc([C@@H]2C[C@H]2c2n[nH]c(=S)n2-c2cnn(Cc3ccccc3)c2)cc1. The Morgan fingerprint density at radius 1 is 1.07 bits per heavy atom. The quantitative estimate of drug-likeness (QED) is 0.503. The zero-order valence-corrected chi connectivity index (χ0v) is 16.4. The van der Waals surface area contributed by atoms with Gasteiger partial charge in [-0.05, 0) is 42.6 Å². The number of H-pyrrole nitrogens is 1. The van der Waals surface area contributed by atoms with E-state index >= 15 is 0 Å². The molecule has 2 aromatic carbocycles. The average molecular weight is 388 g/mol. The van der Waals surface area contributed by atoms with Gasteiger partial charge in [0.15, 0.2) is 4.77 Å². The van der Waals surface area contributed by atoms with Gasteiger partial charge in [0.2, 0.25) is 0 Å². The van der Waals surface area contributed by atoms with Crippen molar-refractivity contribution in [2.75, 3.05) is 0 Å². The summed E-state index contributed by atoms with van der Waals surface area (Å²) in [5.41, 5.74) is 4.83. The summed E-state index contributed by atoms with van der Waals surface area (Å²) in [4.78, 5) is 0. The lowest BCUT2D eigenvalue weighted by Crippen LogP contribution is -2.01. The number of nitrogens with one attached hydrogen (secondary N) is 1. The monoisotopic (exact) mass is 387 g/mol. The maximum atomic E-state index is 5.52. The number of hydrogen-bond donors (Lipinski definition) is 1. The molecule has 2 atom stereocenters. The highest BCUT2D eigenvalue weighted by Crippen LogP contribution is 2.54. The summed E-state index contributed by atoms with van der Waals surface area (Å²) in [5.74, 6) is 1.88. The van der Waals surface area contributed by atoms with Crippen molar-refractivity contribution in [2.24, 2.45) is 0 Å². The van der Waals surface area contributed by atoms with Crippen molar-refractivity contribution in [3.63, 3.8) is 0 Å². The van der Waals surface area contributed by atoms with Crippen molar-refractivity contribution >= 4 is 12.2 Å². The van der Waals surface area contributed by atoms with Crippen LogP contribution in [0.5, 0.6) is 0 Å². The minimum Gasteiger partial charge on any atom is -0.269 e. The van der Waals surface area contributed by atoms with Crippen molar-refractivity contribution in [3.8, 4) is 5.69 Å². The van der Waals surface area contributed by atoms with Crippen LogP contribution in [0.1, 0.15) is 40.8 Å². The van der Waals surface area contributed by atoms with Gasteiger partial charge in [-0.3, -0.25) is 14.3 Å². The fourth-order valence-electron chi connectivity index (χ4n) is 3.79. The number of nitrogens with zero attached hydrogens (tertiary/aromatic N) is 4. The average Bonchev–Trinajstić information content (AvgIpc) is 3.21. The molecule has 0 saturated heterocycles. The first-order valence-corrected chi connectivity index (χ1v) is 9.90. The number of hydrogen-bond acceptors (Lipinski definition) is 3. The van der Waals surface area contributed by atoms with E-state index in [0.717, 1.165) is 24.5 Å². The standard InChI is InChI=1S/C22H21N5S/c1-15-7-9-17(10-8-15)19-11-20(19)21-24-25-22(28)27(21)18-12-23-26(14-18)13-16-5-3-2-4-6-16/h2-10,12,14,19-20H,11,13H2,1H3,(H,25,28)/t19-,20+/m0/s1. The van der Waals surface area contributed by atoms with E-state index in [2.05, 4.69) is 58.6 Å². The summed E-state index contributed by atoms with van der Waals surface area (Å²) in [5, 5.41) is 12.0. The number of aromatic nitrogens is 5. The minimum absolute atomic E-state index is 0.383. The summed E-state index contributed by atoms with van der Waals surface area (Å²) in [7, 11) is 0. The van der Waals surface area contributed by atoms with Gasteiger partial charge in [-0.15, -0.1) is 0 Å². The normalized spacial score (nSPS) is 18.3. The smallest absolute Gasteiger partial charge is 0.199 e. The molecule has 6 heteroatoms. The van der Waals surface area contributed by atoms with Crippen LogP contribution >= 0.6 is 12.2 Å². The van der Waals surface area contributed by atoms with Crippen LogP contribution in [0.3, 0.4) is 0 Å². The molecule has 0 unspecified atom stereocenters. The van der Waals surface area contributed by atoms with Gasteiger partial charge < -0.3 is 0 Å². The van der Waals surface area contributed by atoms with Gasteiger partial charge >= 0.3 is 0 Å². The second kappa shape index (κ2) is 6.87. The summed E-state index contributed by atoms with van der Waals surface area (Å²) in [6.45, 7) is 2.85. The predicted molar refractivity (Wildman–Crippen MR) is 111 cm³/mol. The molecule has 4 aromatic rings. The predicted octanol–water partition coefficient (Wildman–Crippen LogP) is 4.75. The Labute approximate surface area is 168 Å². The van der Waals surface area contributed by atoms with Crippen LogP contribution in [0.2, 0.25) is 0 Å². The van der Waals surface area contributed by atoms with Gasteiger partial charge in [-0.25, -0.2) is 0 Å². The van der Waals surface area contributed by atoms with Crippen LogP contribution in [-0.2, 0) is 6.54 Å². The van der Waals surface area contributed by atoms with Crippen LogP contribution < -0.4 is 0 Å². The van der Waals surface area contributed by atoms with E-state index in [-0.39, 0.29) is 0 Å². The highest BCUT2D eigenvalue weighted by Gasteiger charge is 2.43. The molecule has 2 aromatic heterocycles. The van der Waals surface area contributed by atoms with Gasteiger partial charge in [-0.2, -0.15) is 10.2 Å².